The highest BCUT2D eigenvalue weighted by molar-refractivity contribution is 6.49. The predicted molar refractivity (Wildman–Crippen MR) is 51.0 cm³/mol. The van der Waals surface area contributed by atoms with Gasteiger partial charge in [-0.3, -0.25) is 0 Å². The molecule has 0 atom stereocenters. The molecule has 1 rings (SSSR count). The Balaban J connectivity index is 0.00000121. The topological polar surface area (TPSA) is 43.7 Å². The SMILES string of the molecule is CN1CCC(O)(O)C(Cl)(Cl)C1.Cl. The van der Waals surface area contributed by atoms with Crippen molar-refractivity contribution < 1.29 is 10.2 Å². The van der Waals surface area contributed by atoms with Crippen LogP contribution in [0.2, 0.25) is 0 Å². The second kappa shape index (κ2) is 3.86. The summed E-state index contributed by atoms with van der Waals surface area (Å²) in [6.07, 6.45) is 0.177. The van der Waals surface area contributed by atoms with Crippen molar-refractivity contribution in [2.75, 3.05) is 20.1 Å². The van der Waals surface area contributed by atoms with Crippen molar-refractivity contribution in [3.8, 4) is 0 Å². The minimum Gasteiger partial charge on any atom is -0.363 e. The van der Waals surface area contributed by atoms with E-state index in [1.54, 1.807) is 0 Å². The second-order valence-corrected chi connectivity index (χ2v) is 4.49. The molecule has 1 saturated heterocycles. The molecule has 2 N–H and O–H groups in total. The molecular formula is C6H12Cl3NO2. The lowest BCUT2D eigenvalue weighted by Crippen LogP contribution is -2.58. The Morgan fingerprint density at radius 3 is 2.17 bits per heavy atom. The van der Waals surface area contributed by atoms with Crippen LogP contribution in [-0.4, -0.2) is 45.4 Å². The molecule has 6 heteroatoms. The lowest BCUT2D eigenvalue weighted by atomic mass is 10.0. The first kappa shape index (κ1) is 12.8. The molecule has 1 aliphatic rings. The standard InChI is InChI=1S/C6H11Cl2NO2.ClH/c1-9-3-2-6(10,11)5(7,8)4-9;/h10-11H,2-4H2,1H3;1H. The summed E-state index contributed by atoms with van der Waals surface area (Å²) in [5.74, 6) is -1.96. The van der Waals surface area contributed by atoms with Crippen LogP contribution in [0, 0.1) is 0 Å². The van der Waals surface area contributed by atoms with Crippen LogP contribution in [0.4, 0.5) is 0 Å². The second-order valence-electron chi connectivity index (χ2n) is 3.01. The molecule has 0 saturated carbocycles. The number of halogens is 3. The summed E-state index contributed by atoms with van der Waals surface area (Å²) in [4.78, 5) is 1.85. The summed E-state index contributed by atoms with van der Waals surface area (Å²) in [5, 5.41) is 18.6. The van der Waals surface area contributed by atoms with Crippen LogP contribution in [0.3, 0.4) is 0 Å². The molecule has 0 spiro atoms. The Labute approximate surface area is 87.7 Å². The van der Waals surface area contributed by atoms with Gasteiger partial charge in [0.05, 0.1) is 0 Å². The quantitative estimate of drug-likeness (QED) is 0.478. The van der Waals surface area contributed by atoms with Gasteiger partial charge in [-0.2, -0.15) is 0 Å². The van der Waals surface area contributed by atoms with E-state index in [9.17, 15) is 10.2 Å². The molecule has 0 aliphatic carbocycles. The number of likely N-dealkylation sites (tertiary alicyclic amines) is 1. The van der Waals surface area contributed by atoms with Crippen molar-refractivity contribution in [1.82, 2.24) is 4.90 Å². The average Bonchev–Trinajstić information content (AvgIpc) is 1.80. The number of alkyl halides is 2. The van der Waals surface area contributed by atoms with E-state index < -0.39 is 10.1 Å². The molecule has 12 heavy (non-hydrogen) atoms. The van der Waals surface area contributed by atoms with E-state index >= 15 is 0 Å². The zero-order valence-corrected chi connectivity index (χ0v) is 8.96. The molecule has 74 valence electrons. The number of nitrogens with zero attached hydrogens (tertiary/aromatic N) is 1. The van der Waals surface area contributed by atoms with Crippen molar-refractivity contribution in [2.24, 2.45) is 0 Å². The fourth-order valence-corrected chi connectivity index (χ4v) is 1.67. The zero-order chi connectivity index (χ0) is 8.70. The molecule has 0 amide bonds. The maximum atomic E-state index is 9.28. The number of aliphatic hydroxyl groups is 2. The molecule has 0 unspecified atom stereocenters. The number of hydrogen-bond donors (Lipinski definition) is 2. The van der Waals surface area contributed by atoms with Crippen LogP contribution >= 0.6 is 35.6 Å². The minimum atomic E-state index is -1.96. The Hall–Kier alpha value is 0.750. The van der Waals surface area contributed by atoms with Gasteiger partial charge >= 0.3 is 0 Å². The first-order valence-electron chi connectivity index (χ1n) is 3.36. The fourth-order valence-electron chi connectivity index (χ4n) is 1.07. The van der Waals surface area contributed by atoms with E-state index in [2.05, 4.69) is 0 Å². The molecular weight excluding hydrogens is 224 g/mol. The van der Waals surface area contributed by atoms with Crippen LogP contribution in [0.1, 0.15) is 6.42 Å². The van der Waals surface area contributed by atoms with E-state index in [1.165, 1.54) is 0 Å². The highest BCUT2D eigenvalue weighted by Crippen LogP contribution is 2.38. The Kier molecular flexibility index (Phi) is 4.10. The molecule has 1 heterocycles. The average molecular weight is 237 g/mol. The minimum absolute atomic E-state index is 0. The summed E-state index contributed by atoms with van der Waals surface area (Å²) in [6, 6.07) is 0. The number of rotatable bonds is 0. The van der Waals surface area contributed by atoms with E-state index in [0.717, 1.165) is 0 Å². The van der Waals surface area contributed by atoms with Crippen LogP contribution in [0.15, 0.2) is 0 Å². The van der Waals surface area contributed by atoms with Gasteiger partial charge in [0.1, 0.15) is 0 Å². The smallest absolute Gasteiger partial charge is 0.199 e. The zero-order valence-electron chi connectivity index (χ0n) is 6.63. The Morgan fingerprint density at radius 2 is 1.83 bits per heavy atom. The largest absolute Gasteiger partial charge is 0.363 e. The third-order valence-electron chi connectivity index (χ3n) is 1.90. The normalized spacial score (nSPS) is 27.8. The molecule has 0 radical (unpaired) electrons. The summed E-state index contributed by atoms with van der Waals surface area (Å²) < 4.78 is -1.47. The first-order chi connectivity index (χ1) is 4.85. The van der Waals surface area contributed by atoms with Crippen molar-refractivity contribution in [3.05, 3.63) is 0 Å². The predicted octanol–water partition coefficient (Wildman–Crippen LogP) is 0.598. The Morgan fingerprint density at radius 1 is 1.33 bits per heavy atom. The third-order valence-corrected chi connectivity index (χ3v) is 2.74. The monoisotopic (exact) mass is 235 g/mol. The molecule has 1 fully saturated rings. The van der Waals surface area contributed by atoms with E-state index in [1.807, 2.05) is 11.9 Å². The molecule has 3 nitrogen and oxygen atoms in total. The van der Waals surface area contributed by atoms with Crippen molar-refractivity contribution in [1.29, 1.82) is 0 Å². The maximum absolute atomic E-state index is 9.28. The van der Waals surface area contributed by atoms with Crippen LogP contribution < -0.4 is 0 Å². The summed E-state index contributed by atoms with van der Waals surface area (Å²) in [6.45, 7) is 0.858. The van der Waals surface area contributed by atoms with E-state index in [4.69, 9.17) is 23.2 Å². The van der Waals surface area contributed by atoms with E-state index in [-0.39, 0.29) is 25.4 Å². The van der Waals surface area contributed by atoms with Gasteiger partial charge < -0.3 is 15.1 Å². The van der Waals surface area contributed by atoms with Gasteiger partial charge in [-0.25, -0.2) is 0 Å². The van der Waals surface area contributed by atoms with Gasteiger partial charge in [0.2, 0.25) is 0 Å². The van der Waals surface area contributed by atoms with Gasteiger partial charge in [-0.05, 0) is 7.05 Å². The molecule has 0 aromatic rings. The molecule has 0 aromatic heterocycles. The van der Waals surface area contributed by atoms with Crippen LogP contribution in [0.5, 0.6) is 0 Å². The third kappa shape index (κ3) is 2.37. The van der Waals surface area contributed by atoms with Gasteiger partial charge in [0.15, 0.2) is 10.1 Å². The van der Waals surface area contributed by atoms with Gasteiger partial charge in [0, 0.05) is 19.5 Å². The van der Waals surface area contributed by atoms with Gasteiger partial charge in [0.25, 0.3) is 0 Å². The maximum Gasteiger partial charge on any atom is 0.199 e. The van der Waals surface area contributed by atoms with Crippen molar-refractivity contribution >= 4 is 35.6 Å². The number of piperidine rings is 1. The highest BCUT2D eigenvalue weighted by atomic mass is 35.5. The lowest BCUT2D eigenvalue weighted by Gasteiger charge is -2.41. The molecule has 0 bridgehead atoms. The van der Waals surface area contributed by atoms with Gasteiger partial charge in [-0.15, -0.1) is 12.4 Å². The van der Waals surface area contributed by atoms with Crippen molar-refractivity contribution in [2.45, 2.75) is 16.5 Å². The lowest BCUT2D eigenvalue weighted by molar-refractivity contribution is -0.193. The summed E-state index contributed by atoms with van der Waals surface area (Å²) >= 11 is 11.4. The number of hydrogen-bond acceptors (Lipinski definition) is 3. The van der Waals surface area contributed by atoms with Crippen LogP contribution in [-0.2, 0) is 0 Å². The van der Waals surface area contributed by atoms with E-state index in [0.29, 0.717) is 6.54 Å². The van der Waals surface area contributed by atoms with Crippen LogP contribution in [0.25, 0.3) is 0 Å². The fraction of sp³-hybridized carbons (Fsp3) is 1.00. The highest BCUT2D eigenvalue weighted by Gasteiger charge is 2.50. The Bertz CT molecular complexity index is 163. The molecule has 0 aromatic carbocycles. The first-order valence-corrected chi connectivity index (χ1v) is 4.12. The van der Waals surface area contributed by atoms with Gasteiger partial charge in [-0.1, -0.05) is 23.2 Å². The van der Waals surface area contributed by atoms with Crippen molar-refractivity contribution in [3.63, 3.8) is 0 Å². The summed E-state index contributed by atoms with van der Waals surface area (Å²) in [7, 11) is 1.83. The molecule has 1 aliphatic heterocycles. The summed E-state index contributed by atoms with van der Waals surface area (Å²) in [5.41, 5.74) is 0.